The molecular weight excluding hydrogens is 937 g/mol. The van der Waals surface area contributed by atoms with Crippen LogP contribution in [-0.2, 0) is 46.4 Å². The molecule has 0 radical (unpaired) electrons. The number of esters is 1. The van der Waals surface area contributed by atoms with E-state index in [9.17, 15) is 46.3 Å². The van der Waals surface area contributed by atoms with Crippen molar-refractivity contribution in [2.24, 2.45) is 0 Å². The van der Waals surface area contributed by atoms with Gasteiger partial charge in [0.15, 0.2) is 0 Å². The Labute approximate surface area is 408 Å². The van der Waals surface area contributed by atoms with Crippen LogP contribution in [0.25, 0.3) is 22.3 Å². The molecule has 382 valence electrons. The molecule has 16 nitrogen and oxygen atoms in total. The first-order valence-electron chi connectivity index (χ1n) is 22.6. The number of nitrogens with zero attached hydrogens (tertiary/aromatic N) is 4. The second-order valence-corrected chi connectivity index (χ2v) is 18.4. The number of methoxy groups -OCH3 is 1. The lowest BCUT2D eigenvalue weighted by molar-refractivity contribution is -0.148. The van der Waals surface area contributed by atoms with E-state index < -0.39 is 84.7 Å². The van der Waals surface area contributed by atoms with Crippen molar-refractivity contribution >= 4 is 47.7 Å². The maximum Gasteiger partial charge on any atom is 0.415 e. The fourth-order valence-corrected chi connectivity index (χ4v) is 7.19. The van der Waals surface area contributed by atoms with Crippen molar-refractivity contribution < 1.29 is 75.1 Å². The van der Waals surface area contributed by atoms with Crippen molar-refractivity contribution in [3.05, 3.63) is 108 Å². The van der Waals surface area contributed by atoms with E-state index in [0.29, 0.717) is 16.7 Å². The van der Waals surface area contributed by atoms with Crippen molar-refractivity contribution in [3.63, 3.8) is 0 Å². The third-order valence-electron chi connectivity index (χ3n) is 10.6. The Bertz CT molecular complexity index is 2530. The van der Waals surface area contributed by atoms with Gasteiger partial charge in [-0.25, -0.2) is 37.5 Å². The summed E-state index contributed by atoms with van der Waals surface area (Å²) >= 11 is 0. The van der Waals surface area contributed by atoms with Gasteiger partial charge in [-0.1, -0.05) is 48.5 Å². The molecule has 20 heteroatoms. The van der Waals surface area contributed by atoms with Crippen LogP contribution in [0.3, 0.4) is 0 Å². The first-order valence-corrected chi connectivity index (χ1v) is 22.6. The quantitative estimate of drug-likeness (QED) is 0.0638. The Morgan fingerprint density at radius 3 is 1.34 bits per heavy atom. The summed E-state index contributed by atoms with van der Waals surface area (Å²) in [6.07, 6.45) is -4.67. The standard InChI is InChI=1S/C26H30F2N2O6.C25H28F2N2O6/c1-26(2,3)36-24(32)29(13-5-12-27)15-17-6-8-18(9-7-17)20-11-10-19(14-21(20)28)30-16-22(23(31)34-4)35-25(30)33;1-25(2,3)35-23(32)28(12-4-11-26)14-16-5-7-17(8-6-16)19-10-9-18(13-20(19)27)29-15-21(22(30)31)34-24(29)33/h6-11,14,22H,5,12-13,15-16H2,1-4H3;5-10,13,21H,4,11-12,14-15H2,1-3H3,(H,30,31)/t22-;21-/m11/s1. The molecule has 2 heterocycles. The molecule has 0 aromatic heterocycles. The maximum atomic E-state index is 15.0. The van der Waals surface area contributed by atoms with Crippen LogP contribution in [0.4, 0.5) is 48.1 Å². The number of carboxylic acids is 1. The second kappa shape index (κ2) is 24.0. The number of benzene rings is 4. The molecule has 6 rings (SSSR count). The van der Waals surface area contributed by atoms with Crippen molar-refractivity contribution in [1.29, 1.82) is 0 Å². The maximum absolute atomic E-state index is 15.0. The smallest absolute Gasteiger partial charge is 0.415 e. The summed E-state index contributed by atoms with van der Waals surface area (Å²) < 4.78 is 80.5. The zero-order valence-electron chi connectivity index (χ0n) is 40.5. The number of carbonyl (C=O) groups is 6. The molecule has 2 saturated heterocycles. The minimum absolute atomic E-state index is 0.0739. The minimum atomic E-state index is -1.30. The van der Waals surface area contributed by atoms with Crippen LogP contribution < -0.4 is 9.80 Å². The lowest BCUT2D eigenvalue weighted by Gasteiger charge is -2.27. The molecule has 2 aliphatic heterocycles. The number of hydrogen-bond acceptors (Lipinski definition) is 11. The summed E-state index contributed by atoms with van der Waals surface area (Å²) in [4.78, 5) is 76.8. The molecule has 2 atom stereocenters. The van der Waals surface area contributed by atoms with Gasteiger partial charge in [0.2, 0.25) is 12.2 Å². The summed E-state index contributed by atoms with van der Waals surface area (Å²) in [7, 11) is 1.19. The summed E-state index contributed by atoms with van der Waals surface area (Å²) in [5, 5.41) is 9.02. The van der Waals surface area contributed by atoms with Crippen LogP contribution in [0.15, 0.2) is 84.9 Å². The Morgan fingerprint density at radius 2 is 1.01 bits per heavy atom. The average Bonchev–Trinajstić information content (AvgIpc) is 3.91. The largest absolute Gasteiger partial charge is 0.478 e. The molecule has 4 aromatic carbocycles. The Morgan fingerprint density at radius 1 is 0.634 bits per heavy atom. The zero-order valence-corrected chi connectivity index (χ0v) is 40.5. The average molecular weight is 995 g/mol. The molecule has 2 aliphatic rings. The molecule has 71 heavy (non-hydrogen) atoms. The van der Waals surface area contributed by atoms with Crippen LogP contribution in [0, 0.1) is 11.6 Å². The van der Waals surface area contributed by atoms with Crippen molar-refractivity contribution in [2.45, 2.75) is 90.9 Å². The predicted molar refractivity (Wildman–Crippen MR) is 253 cm³/mol. The highest BCUT2D eigenvalue weighted by atomic mass is 19.1. The van der Waals surface area contributed by atoms with E-state index in [2.05, 4.69) is 4.74 Å². The number of ether oxygens (including phenoxy) is 5. The molecule has 1 N–H and O–H groups in total. The topological polar surface area (TPSA) is 182 Å². The van der Waals surface area contributed by atoms with E-state index in [1.54, 1.807) is 96.1 Å². The van der Waals surface area contributed by atoms with Gasteiger partial charge in [0.1, 0.15) is 22.8 Å². The van der Waals surface area contributed by atoms with E-state index in [4.69, 9.17) is 24.1 Å². The molecule has 0 aliphatic carbocycles. The minimum Gasteiger partial charge on any atom is -0.478 e. The normalized spacial score (nSPS) is 15.5. The molecule has 0 spiro atoms. The van der Waals surface area contributed by atoms with Crippen molar-refractivity contribution in [1.82, 2.24) is 9.80 Å². The summed E-state index contributed by atoms with van der Waals surface area (Å²) in [5.41, 5.74) is 2.37. The predicted octanol–water partition coefficient (Wildman–Crippen LogP) is 10.1. The number of amides is 4. The van der Waals surface area contributed by atoms with Crippen molar-refractivity contribution in [3.8, 4) is 22.3 Å². The van der Waals surface area contributed by atoms with Crippen LogP contribution in [0.1, 0.15) is 65.5 Å². The van der Waals surface area contributed by atoms with E-state index in [-0.39, 0.29) is 69.0 Å². The number of cyclic esters (lactones) is 2. The fourth-order valence-electron chi connectivity index (χ4n) is 7.19. The highest BCUT2D eigenvalue weighted by Crippen LogP contribution is 2.32. The third-order valence-corrected chi connectivity index (χ3v) is 10.6. The highest BCUT2D eigenvalue weighted by Gasteiger charge is 2.39. The fraction of sp³-hybridized carbons (Fsp3) is 0.412. The molecular formula is C51H58F4N4O12. The number of hydrogen-bond donors (Lipinski definition) is 1. The van der Waals surface area contributed by atoms with Gasteiger partial charge in [-0.2, -0.15) is 0 Å². The van der Waals surface area contributed by atoms with E-state index in [0.717, 1.165) is 22.1 Å². The number of alkyl halides is 2. The Kier molecular flexibility index (Phi) is 18.4. The van der Waals surface area contributed by atoms with Crippen LogP contribution >= 0.6 is 0 Å². The summed E-state index contributed by atoms with van der Waals surface area (Å²) in [6.45, 7) is 9.99. The SMILES string of the molecule is CC(C)(C)OC(=O)N(CCCF)Cc1ccc(-c2ccc(N3C[C@H](C(=O)O)OC3=O)cc2F)cc1.COC(=O)[C@H]1CN(c2ccc(-c3ccc(CN(CCCF)C(=O)OC(C)(C)C)cc3)c(F)c2)C(=O)O1. The molecule has 0 unspecified atom stereocenters. The van der Waals surface area contributed by atoms with Gasteiger partial charge in [0.25, 0.3) is 0 Å². The van der Waals surface area contributed by atoms with E-state index in [1.807, 2.05) is 0 Å². The van der Waals surface area contributed by atoms with Gasteiger partial charge in [-0.05, 0) is 113 Å². The third kappa shape index (κ3) is 15.3. The van der Waals surface area contributed by atoms with E-state index >= 15 is 0 Å². The summed E-state index contributed by atoms with van der Waals surface area (Å²) in [5.74, 6) is -3.11. The number of aliphatic carboxylic acids is 1. The van der Waals surface area contributed by atoms with Crippen molar-refractivity contribution in [2.75, 3.05) is 56.4 Å². The molecule has 0 saturated carbocycles. The molecule has 2 fully saturated rings. The lowest BCUT2D eigenvalue weighted by Crippen LogP contribution is -2.37. The molecule has 4 amide bonds. The number of rotatable bonds is 16. The van der Waals surface area contributed by atoms with Crippen LogP contribution in [-0.4, -0.2) is 121 Å². The van der Waals surface area contributed by atoms with E-state index in [1.165, 1.54) is 46.1 Å². The first kappa shape index (κ1) is 54.6. The number of anilines is 2. The van der Waals surface area contributed by atoms with Gasteiger partial charge in [0.05, 0.1) is 44.9 Å². The molecule has 4 aromatic rings. The summed E-state index contributed by atoms with van der Waals surface area (Å²) in [6, 6.07) is 22.3. The Hall–Kier alpha value is -7.38. The monoisotopic (exact) mass is 994 g/mol. The second-order valence-electron chi connectivity index (χ2n) is 18.4. The zero-order chi connectivity index (χ0) is 52.2. The van der Waals surface area contributed by atoms with Gasteiger partial charge >= 0.3 is 36.3 Å². The van der Waals surface area contributed by atoms with Gasteiger partial charge in [-0.15, -0.1) is 0 Å². The number of carboxylic acid groups (broad SMARTS) is 1. The van der Waals surface area contributed by atoms with Gasteiger partial charge < -0.3 is 38.6 Å². The van der Waals surface area contributed by atoms with Crippen LogP contribution in [0.5, 0.6) is 0 Å². The number of halogens is 4. The van der Waals surface area contributed by atoms with Crippen LogP contribution in [0.2, 0.25) is 0 Å². The van der Waals surface area contributed by atoms with Gasteiger partial charge in [0, 0.05) is 37.3 Å². The lowest BCUT2D eigenvalue weighted by atomic mass is 10.0. The Balaban J connectivity index is 0.000000264. The van der Waals surface area contributed by atoms with Gasteiger partial charge in [-0.3, -0.25) is 18.6 Å². The number of carbonyl (C=O) groups excluding carboxylic acids is 5. The first-order chi connectivity index (χ1) is 33.5. The molecule has 0 bridgehead atoms. The highest BCUT2D eigenvalue weighted by molar-refractivity contribution is 5.95.